The van der Waals surface area contributed by atoms with Crippen LogP contribution in [0, 0.1) is 0 Å². The van der Waals surface area contributed by atoms with E-state index < -0.39 is 23.8 Å². The maximum atomic E-state index is 13.0. The van der Waals surface area contributed by atoms with Crippen LogP contribution in [0.4, 0.5) is 10.5 Å². The van der Waals surface area contributed by atoms with E-state index in [-0.39, 0.29) is 22.9 Å². The number of esters is 1. The van der Waals surface area contributed by atoms with Gasteiger partial charge in [0.25, 0.3) is 11.8 Å². The van der Waals surface area contributed by atoms with Crippen molar-refractivity contribution in [1.82, 2.24) is 5.32 Å². The molecular weight excluding hydrogens is 388 g/mol. The Morgan fingerprint density at radius 1 is 1.03 bits per heavy atom. The number of hydrogen-bond donors (Lipinski definition) is 1. The number of nitrogens with zero attached hydrogens (tertiary/aromatic N) is 1. The first-order chi connectivity index (χ1) is 14.3. The highest BCUT2D eigenvalue weighted by Gasteiger charge is 2.37. The number of imide groups is 2. The third-order valence-electron chi connectivity index (χ3n) is 4.23. The maximum absolute atomic E-state index is 13.0. The molecule has 0 radical (unpaired) electrons. The summed E-state index contributed by atoms with van der Waals surface area (Å²) in [6.45, 7) is 3.72. The number of barbiturate groups is 1. The van der Waals surface area contributed by atoms with E-state index in [9.17, 15) is 19.2 Å². The van der Waals surface area contributed by atoms with Gasteiger partial charge in [0, 0.05) is 5.56 Å². The van der Waals surface area contributed by atoms with Crippen LogP contribution in [0.2, 0.25) is 0 Å². The summed E-state index contributed by atoms with van der Waals surface area (Å²) in [5.41, 5.74) is 0.777. The quantitative estimate of drug-likeness (QED) is 0.464. The molecule has 0 aromatic heterocycles. The summed E-state index contributed by atoms with van der Waals surface area (Å²) in [5, 5.41) is 2.16. The third-order valence-corrected chi connectivity index (χ3v) is 4.23. The van der Waals surface area contributed by atoms with Gasteiger partial charge in [-0.05, 0) is 50.3 Å². The number of ether oxygens (including phenoxy) is 2. The number of carbonyl (C=O) groups is 4. The molecule has 0 spiro atoms. The molecule has 1 fully saturated rings. The van der Waals surface area contributed by atoms with Gasteiger partial charge in [0.1, 0.15) is 11.3 Å². The van der Waals surface area contributed by atoms with Crippen LogP contribution in [0.1, 0.15) is 29.8 Å². The van der Waals surface area contributed by atoms with E-state index in [2.05, 4.69) is 10.1 Å². The second-order valence-corrected chi connectivity index (χ2v) is 6.70. The van der Waals surface area contributed by atoms with Crippen molar-refractivity contribution in [1.29, 1.82) is 0 Å². The Hall–Kier alpha value is -3.94. The van der Waals surface area contributed by atoms with Crippen LogP contribution in [-0.2, 0) is 14.3 Å². The van der Waals surface area contributed by atoms with Crippen molar-refractivity contribution in [3.05, 3.63) is 65.2 Å². The maximum Gasteiger partial charge on any atom is 0.337 e. The number of hydrogen-bond acceptors (Lipinski definition) is 6. The average Bonchev–Trinajstić information content (AvgIpc) is 2.71. The lowest BCUT2D eigenvalue weighted by Crippen LogP contribution is -2.54. The largest absolute Gasteiger partial charge is 0.490 e. The van der Waals surface area contributed by atoms with Gasteiger partial charge >= 0.3 is 12.0 Å². The van der Waals surface area contributed by atoms with E-state index in [1.807, 2.05) is 13.8 Å². The second kappa shape index (κ2) is 8.60. The van der Waals surface area contributed by atoms with Gasteiger partial charge in [-0.15, -0.1) is 0 Å². The van der Waals surface area contributed by atoms with Crippen LogP contribution in [-0.4, -0.2) is 37.0 Å². The molecule has 1 aliphatic rings. The van der Waals surface area contributed by atoms with Crippen molar-refractivity contribution in [3.63, 3.8) is 0 Å². The predicted octanol–water partition coefficient (Wildman–Crippen LogP) is 2.93. The fourth-order valence-corrected chi connectivity index (χ4v) is 2.87. The summed E-state index contributed by atoms with van der Waals surface area (Å²) in [6, 6.07) is 11.8. The minimum Gasteiger partial charge on any atom is -0.490 e. The first kappa shape index (κ1) is 20.8. The minimum atomic E-state index is -0.875. The Morgan fingerprint density at radius 2 is 1.70 bits per heavy atom. The van der Waals surface area contributed by atoms with Gasteiger partial charge in [-0.25, -0.2) is 14.5 Å². The van der Waals surface area contributed by atoms with Gasteiger partial charge in [0.15, 0.2) is 0 Å². The molecule has 1 saturated heterocycles. The predicted molar refractivity (Wildman–Crippen MR) is 109 cm³/mol. The lowest BCUT2D eigenvalue weighted by atomic mass is 10.1. The molecule has 0 atom stereocenters. The Balaban J connectivity index is 1.97. The number of methoxy groups -OCH3 is 1. The van der Waals surface area contributed by atoms with E-state index in [0.717, 1.165) is 4.90 Å². The summed E-state index contributed by atoms with van der Waals surface area (Å²) in [4.78, 5) is 50.1. The zero-order valence-corrected chi connectivity index (χ0v) is 16.7. The fourth-order valence-electron chi connectivity index (χ4n) is 2.87. The molecule has 2 aromatic carbocycles. The molecule has 30 heavy (non-hydrogen) atoms. The van der Waals surface area contributed by atoms with E-state index in [1.54, 1.807) is 24.3 Å². The lowest BCUT2D eigenvalue weighted by molar-refractivity contribution is -0.122. The zero-order valence-electron chi connectivity index (χ0n) is 16.7. The molecule has 1 heterocycles. The highest BCUT2D eigenvalue weighted by atomic mass is 16.5. The Morgan fingerprint density at radius 3 is 2.33 bits per heavy atom. The van der Waals surface area contributed by atoms with Gasteiger partial charge in [-0.2, -0.15) is 0 Å². The monoisotopic (exact) mass is 408 g/mol. The van der Waals surface area contributed by atoms with Crippen molar-refractivity contribution >= 4 is 35.6 Å². The molecule has 2 aromatic rings. The minimum absolute atomic E-state index is 0.105. The van der Waals surface area contributed by atoms with Crippen LogP contribution in [0.15, 0.2) is 54.1 Å². The van der Waals surface area contributed by atoms with E-state index >= 15 is 0 Å². The average molecular weight is 408 g/mol. The normalized spacial score (nSPS) is 15.4. The molecule has 8 nitrogen and oxygen atoms in total. The molecule has 1 N–H and O–H groups in total. The number of rotatable bonds is 5. The number of amides is 4. The summed E-state index contributed by atoms with van der Waals surface area (Å²) in [7, 11) is 1.25. The van der Waals surface area contributed by atoms with E-state index in [0.29, 0.717) is 11.3 Å². The van der Waals surface area contributed by atoms with Crippen molar-refractivity contribution < 1.29 is 28.7 Å². The van der Waals surface area contributed by atoms with Crippen molar-refractivity contribution in [2.45, 2.75) is 20.0 Å². The summed E-state index contributed by atoms with van der Waals surface area (Å²) < 4.78 is 10.4. The second-order valence-electron chi connectivity index (χ2n) is 6.70. The Labute approximate surface area is 173 Å². The summed E-state index contributed by atoms with van der Waals surface area (Å²) >= 11 is 0. The molecule has 0 saturated carbocycles. The molecule has 0 aliphatic carbocycles. The first-order valence-electron chi connectivity index (χ1n) is 9.17. The number of carbonyl (C=O) groups excluding carboxylic acids is 4. The molecule has 4 amide bonds. The van der Waals surface area contributed by atoms with Crippen LogP contribution in [0.3, 0.4) is 0 Å². The number of anilines is 1. The molecular formula is C22H20N2O6. The Kier molecular flexibility index (Phi) is 5.96. The summed E-state index contributed by atoms with van der Waals surface area (Å²) in [6.07, 6.45) is 1.28. The third kappa shape index (κ3) is 4.22. The van der Waals surface area contributed by atoms with Gasteiger partial charge < -0.3 is 9.47 Å². The lowest BCUT2D eigenvalue weighted by Gasteiger charge is -2.26. The number of para-hydroxylation sites is 1. The van der Waals surface area contributed by atoms with E-state index in [4.69, 9.17) is 4.74 Å². The van der Waals surface area contributed by atoms with Gasteiger partial charge in [0.2, 0.25) is 0 Å². The van der Waals surface area contributed by atoms with E-state index in [1.165, 1.54) is 37.5 Å². The van der Waals surface area contributed by atoms with Crippen molar-refractivity contribution in [2.75, 3.05) is 12.0 Å². The van der Waals surface area contributed by atoms with Crippen molar-refractivity contribution in [3.8, 4) is 5.75 Å². The van der Waals surface area contributed by atoms with Gasteiger partial charge in [-0.3, -0.25) is 14.9 Å². The molecule has 154 valence electrons. The van der Waals surface area contributed by atoms with Crippen LogP contribution >= 0.6 is 0 Å². The zero-order chi connectivity index (χ0) is 21.8. The number of urea groups is 1. The first-order valence-corrected chi connectivity index (χ1v) is 9.17. The molecule has 0 unspecified atom stereocenters. The highest BCUT2D eigenvalue weighted by molar-refractivity contribution is 6.39. The number of benzene rings is 2. The fraction of sp³-hybridized carbons (Fsp3) is 0.182. The standard InChI is InChI=1S/C22H20N2O6/c1-13(2)30-18-7-5-4-6-15(18)12-17-19(25)23-22(28)24(20(17)26)16-10-8-14(9-11-16)21(27)29-3/h4-13H,1-3H3,(H,23,25,28)/b17-12+. The summed E-state index contributed by atoms with van der Waals surface area (Å²) in [5.74, 6) is -1.62. The SMILES string of the molecule is COC(=O)c1ccc(N2C(=O)NC(=O)/C(=C\c3ccccc3OC(C)C)C2=O)cc1. The van der Waals surface area contributed by atoms with Crippen molar-refractivity contribution in [2.24, 2.45) is 0 Å². The van der Waals surface area contributed by atoms with Gasteiger partial charge in [-0.1, -0.05) is 18.2 Å². The van der Waals surface area contributed by atoms with Crippen LogP contribution < -0.4 is 15.0 Å². The van der Waals surface area contributed by atoms with Crippen LogP contribution in [0.25, 0.3) is 6.08 Å². The Bertz CT molecular complexity index is 1040. The highest BCUT2D eigenvalue weighted by Crippen LogP contribution is 2.26. The molecule has 8 heteroatoms. The smallest absolute Gasteiger partial charge is 0.337 e. The molecule has 1 aliphatic heterocycles. The topological polar surface area (TPSA) is 102 Å². The van der Waals surface area contributed by atoms with Gasteiger partial charge in [0.05, 0.1) is 24.5 Å². The van der Waals surface area contributed by atoms with Crippen LogP contribution in [0.5, 0.6) is 5.75 Å². The molecule has 0 bridgehead atoms. The number of nitrogens with one attached hydrogen (secondary N) is 1. The molecule has 3 rings (SSSR count).